The number of methoxy groups -OCH3 is 2. The molecule has 1 aromatic rings. The Bertz CT molecular complexity index is 738. The van der Waals surface area contributed by atoms with Gasteiger partial charge in [0.15, 0.2) is 13.6 Å². The van der Waals surface area contributed by atoms with Crippen LogP contribution < -0.4 is 14.8 Å². The summed E-state index contributed by atoms with van der Waals surface area (Å²) in [6.07, 6.45) is 4.28. The lowest BCUT2D eigenvalue weighted by atomic mass is 10.0. The van der Waals surface area contributed by atoms with Gasteiger partial charge < -0.3 is 18.9 Å². The van der Waals surface area contributed by atoms with Crippen LogP contribution in [0.4, 0.5) is 4.79 Å². The van der Waals surface area contributed by atoms with Gasteiger partial charge in [-0.25, -0.2) is 0 Å². The molecule has 1 N–H and O–H groups in total. The molecule has 1 heterocycles. The zero-order chi connectivity index (χ0) is 19.8. The Morgan fingerprint density at radius 3 is 2.11 bits per heavy atom. The average molecular weight is 393 g/mol. The molecule has 0 atom stereocenters. The van der Waals surface area contributed by atoms with Crippen LogP contribution in [0, 0.1) is 0 Å². The van der Waals surface area contributed by atoms with Gasteiger partial charge in [0.05, 0.1) is 4.91 Å². The van der Waals surface area contributed by atoms with Crippen molar-refractivity contribution in [3.8, 4) is 11.5 Å². The van der Waals surface area contributed by atoms with Gasteiger partial charge in [-0.05, 0) is 55.8 Å². The first-order valence-corrected chi connectivity index (χ1v) is 9.04. The Morgan fingerprint density at radius 1 is 1.07 bits per heavy atom. The highest BCUT2D eigenvalue weighted by atomic mass is 32.2. The van der Waals surface area contributed by atoms with Crippen LogP contribution in [0.3, 0.4) is 0 Å². The molecular formula is C19H23NO6S. The number of carbonyl (C=O) groups excluding carboxylic acids is 2. The molecule has 8 heteroatoms. The lowest BCUT2D eigenvalue weighted by molar-refractivity contribution is -0.115. The Morgan fingerprint density at radius 2 is 1.67 bits per heavy atom. The van der Waals surface area contributed by atoms with Crippen LogP contribution in [0.25, 0.3) is 6.08 Å². The van der Waals surface area contributed by atoms with Crippen molar-refractivity contribution in [2.45, 2.75) is 20.3 Å². The van der Waals surface area contributed by atoms with Gasteiger partial charge in [0.25, 0.3) is 11.1 Å². The van der Waals surface area contributed by atoms with Gasteiger partial charge in [0, 0.05) is 19.8 Å². The highest BCUT2D eigenvalue weighted by Gasteiger charge is 2.25. The molecular weight excluding hydrogens is 370 g/mol. The second kappa shape index (κ2) is 10.1. The van der Waals surface area contributed by atoms with Gasteiger partial charge in [0.2, 0.25) is 0 Å². The van der Waals surface area contributed by atoms with Gasteiger partial charge >= 0.3 is 0 Å². The molecule has 0 unspecified atom stereocenters. The monoisotopic (exact) mass is 393 g/mol. The number of carbonyl (C=O) groups is 2. The summed E-state index contributed by atoms with van der Waals surface area (Å²) >= 11 is 0.855. The number of benzene rings is 1. The van der Waals surface area contributed by atoms with Crippen molar-refractivity contribution in [2.24, 2.45) is 0 Å². The third kappa shape index (κ3) is 6.13. The Labute approximate surface area is 162 Å². The maximum Gasteiger partial charge on any atom is 0.290 e. The average Bonchev–Trinajstić information content (AvgIpc) is 2.93. The van der Waals surface area contributed by atoms with E-state index in [9.17, 15) is 9.59 Å². The van der Waals surface area contributed by atoms with Crippen LogP contribution in [0.1, 0.15) is 25.0 Å². The van der Waals surface area contributed by atoms with E-state index in [0.29, 0.717) is 28.4 Å². The molecule has 0 spiro atoms. The molecule has 2 rings (SSSR count). The van der Waals surface area contributed by atoms with Crippen molar-refractivity contribution < 1.29 is 28.5 Å². The summed E-state index contributed by atoms with van der Waals surface area (Å²) in [6.45, 7) is 4.16. The molecule has 1 aliphatic rings. The number of hydrogen-bond acceptors (Lipinski definition) is 7. The second-order valence-electron chi connectivity index (χ2n) is 5.94. The molecule has 0 saturated carbocycles. The van der Waals surface area contributed by atoms with Crippen LogP contribution in [-0.4, -0.2) is 39.0 Å². The number of rotatable bonds is 9. The highest BCUT2D eigenvalue weighted by Crippen LogP contribution is 2.34. The van der Waals surface area contributed by atoms with Crippen LogP contribution in [0.2, 0.25) is 0 Å². The lowest BCUT2D eigenvalue weighted by Gasteiger charge is -2.16. The Hall–Kier alpha value is -2.29. The molecule has 2 amide bonds. The van der Waals surface area contributed by atoms with E-state index in [1.807, 2.05) is 13.8 Å². The van der Waals surface area contributed by atoms with Gasteiger partial charge in [-0.15, -0.1) is 0 Å². The van der Waals surface area contributed by atoms with Crippen molar-refractivity contribution in [1.82, 2.24) is 5.32 Å². The summed E-state index contributed by atoms with van der Waals surface area (Å²) in [7, 11) is 3.07. The van der Waals surface area contributed by atoms with E-state index in [0.717, 1.165) is 22.9 Å². The van der Waals surface area contributed by atoms with Crippen LogP contribution >= 0.6 is 11.8 Å². The number of hydrogen-bond donors (Lipinski definition) is 1. The van der Waals surface area contributed by atoms with Crippen molar-refractivity contribution in [3.63, 3.8) is 0 Å². The van der Waals surface area contributed by atoms with Gasteiger partial charge in [0.1, 0.15) is 11.5 Å². The molecule has 1 aromatic carbocycles. The predicted octanol–water partition coefficient (Wildman–Crippen LogP) is 3.48. The van der Waals surface area contributed by atoms with Crippen molar-refractivity contribution >= 4 is 29.0 Å². The fraction of sp³-hybridized carbons (Fsp3) is 0.368. The Balaban J connectivity index is 2.48. The molecule has 146 valence electrons. The van der Waals surface area contributed by atoms with E-state index < -0.39 is 11.1 Å². The molecule has 7 nitrogen and oxygen atoms in total. The maximum absolute atomic E-state index is 11.8. The van der Waals surface area contributed by atoms with E-state index in [4.69, 9.17) is 18.9 Å². The quantitative estimate of drug-likeness (QED) is 0.391. The van der Waals surface area contributed by atoms with E-state index in [2.05, 4.69) is 11.4 Å². The van der Waals surface area contributed by atoms with Gasteiger partial charge in [-0.1, -0.05) is 11.6 Å². The zero-order valence-corrected chi connectivity index (χ0v) is 16.6. The van der Waals surface area contributed by atoms with Crippen molar-refractivity contribution in [2.75, 3.05) is 27.8 Å². The lowest BCUT2D eigenvalue weighted by Crippen LogP contribution is -2.17. The summed E-state index contributed by atoms with van der Waals surface area (Å²) in [6, 6.07) is 3.58. The fourth-order valence-corrected chi connectivity index (χ4v) is 2.99. The van der Waals surface area contributed by atoms with E-state index in [1.54, 1.807) is 18.2 Å². The van der Waals surface area contributed by atoms with Crippen molar-refractivity contribution in [3.05, 3.63) is 39.8 Å². The number of ether oxygens (including phenoxy) is 4. The largest absolute Gasteiger partial charge is 0.467 e. The van der Waals surface area contributed by atoms with Crippen molar-refractivity contribution in [1.29, 1.82) is 0 Å². The maximum atomic E-state index is 11.8. The zero-order valence-electron chi connectivity index (χ0n) is 15.8. The summed E-state index contributed by atoms with van der Waals surface area (Å²) in [5.41, 5.74) is 2.67. The first kappa shape index (κ1) is 21.0. The smallest absolute Gasteiger partial charge is 0.290 e. The molecule has 0 radical (unpaired) electrons. The predicted molar refractivity (Wildman–Crippen MR) is 104 cm³/mol. The summed E-state index contributed by atoms with van der Waals surface area (Å²) in [5, 5.41) is 1.85. The minimum atomic E-state index is -0.419. The number of allylic oxidation sites excluding steroid dienone is 2. The molecule has 1 fully saturated rings. The summed E-state index contributed by atoms with van der Waals surface area (Å²) < 4.78 is 21.5. The minimum absolute atomic E-state index is 0.0687. The first-order chi connectivity index (χ1) is 12.9. The molecule has 1 aliphatic heterocycles. The highest BCUT2D eigenvalue weighted by molar-refractivity contribution is 8.18. The first-order valence-electron chi connectivity index (χ1n) is 8.23. The van der Waals surface area contributed by atoms with Crippen LogP contribution in [-0.2, 0) is 20.7 Å². The fourth-order valence-electron chi connectivity index (χ4n) is 2.31. The second-order valence-corrected chi connectivity index (χ2v) is 6.95. The normalized spacial score (nSPS) is 15.0. The van der Waals surface area contributed by atoms with Crippen LogP contribution in [0.5, 0.6) is 11.5 Å². The number of thioether (sulfide) groups is 1. The topological polar surface area (TPSA) is 83.1 Å². The third-order valence-corrected chi connectivity index (χ3v) is 4.32. The molecule has 1 saturated heterocycles. The Kier molecular flexibility index (Phi) is 7.90. The van der Waals surface area contributed by atoms with E-state index in [-0.39, 0.29) is 13.6 Å². The molecule has 0 aliphatic carbocycles. The summed E-state index contributed by atoms with van der Waals surface area (Å²) in [5.74, 6) is 0.728. The number of imide groups is 1. The van der Waals surface area contributed by atoms with Gasteiger partial charge in [-0.3, -0.25) is 14.9 Å². The summed E-state index contributed by atoms with van der Waals surface area (Å²) in [4.78, 5) is 23.5. The third-order valence-electron chi connectivity index (χ3n) is 3.51. The molecule has 0 aromatic heterocycles. The minimum Gasteiger partial charge on any atom is -0.467 e. The van der Waals surface area contributed by atoms with Gasteiger partial charge in [-0.2, -0.15) is 0 Å². The van der Waals surface area contributed by atoms with Crippen LogP contribution in [0.15, 0.2) is 28.7 Å². The number of amides is 2. The van der Waals surface area contributed by atoms with E-state index >= 15 is 0 Å². The molecule has 0 bridgehead atoms. The SMILES string of the molecule is COCOc1cc(/C=C2\SC(=O)NC2=O)cc(OCOC)c1CC=C(C)C. The molecule has 27 heavy (non-hydrogen) atoms. The number of nitrogens with one attached hydrogen (secondary N) is 1. The van der Waals surface area contributed by atoms with E-state index in [1.165, 1.54) is 14.2 Å². The standard InChI is InChI=1S/C19H23NO6S/c1-12(2)5-6-14-15(25-10-23-3)7-13(8-16(14)26-11-24-4)9-17-18(21)20-19(22)27-17/h5,7-9H,6,10-11H2,1-4H3,(H,20,21,22)/b17-9-.